The van der Waals surface area contributed by atoms with Gasteiger partial charge in [-0.3, -0.25) is 19.2 Å². The molecule has 5 amide bonds. The highest BCUT2D eigenvalue weighted by molar-refractivity contribution is 7.89. The van der Waals surface area contributed by atoms with Crippen molar-refractivity contribution in [3.05, 3.63) is 12.7 Å². The lowest BCUT2D eigenvalue weighted by Crippen LogP contribution is -2.61. The number of nitrogens with one attached hydrogen (secondary N) is 4. The zero-order valence-electron chi connectivity index (χ0n) is 30.5. The molecule has 0 radical (unpaired) electrons. The van der Waals surface area contributed by atoms with Gasteiger partial charge < -0.3 is 26.2 Å². The first kappa shape index (κ1) is 38.2. The molecule has 2 aliphatic heterocycles. The molecule has 5 rings (SSSR count). The number of Topliss-reactive ketones (excluding diaryl/α,β-unsaturated/α-hetero) is 1. The average Bonchev–Trinajstić information content (AvgIpc) is 3.85. The van der Waals surface area contributed by atoms with Gasteiger partial charge >= 0.3 is 6.03 Å². The number of carbonyl (C=O) groups excluding carboxylic acids is 5. The van der Waals surface area contributed by atoms with Crippen molar-refractivity contribution < 1.29 is 32.4 Å². The van der Waals surface area contributed by atoms with Crippen molar-refractivity contribution >= 4 is 39.6 Å². The molecule has 13 nitrogen and oxygen atoms in total. The predicted molar refractivity (Wildman–Crippen MR) is 189 cm³/mol. The Balaban J connectivity index is 1.34. The smallest absolute Gasteiger partial charge is 0.315 e. The van der Waals surface area contributed by atoms with E-state index in [9.17, 15) is 32.4 Å². The van der Waals surface area contributed by atoms with Gasteiger partial charge in [-0.2, -0.15) is 4.31 Å². The van der Waals surface area contributed by atoms with Crippen molar-refractivity contribution in [1.82, 2.24) is 30.5 Å². The van der Waals surface area contributed by atoms with Gasteiger partial charge in [0, 0.05) is 32.2 Å². The van der Waals surface area contributed by atoms with Crippen LogP contribution in [-0.4, -0.2) is 103 Å². The Morgan fingerprint density at radius 3 is 2.22 bits per heavy atom. The summed E-state index contributed by atoms with van der Waals surface area (Å²) in [6.45, 7) is 14.6. The lowest BCUT2D eigenvalue weighted by Gasteiger charge is -2.38. The van der Waals surface area contributed by atoms with Gasteiger partial charge in [-0.25, -0.2) is 13.2 Å². The van der Waals surface area contributed by atoms with Crippen LogP contribution in [0, 0.1) is 34.5 Å². The molecular formula is C36H58N6O7S. The van der Waals surface area contributed by atoms with Gasteiger partial charge in [-0.05, 0) is 60.2 Å². The van der Waals surface area contributed by atoms with Gasteiger partial charge in [-0.15, -0.1) is 6.58 Å². The molecule has 6 atom stereocenters. The van der Waals surface area contributed by atoms with Crippen LogP contribution >= 0.6 is 0 Å². The number of nitrogens with zero attached hydrogens (tertiary/aromatic N) is 2. The van der Waals surface area contributed by atoms with Crippen molar-refractivity contribution in [2.75, 3.05) is 31.9 Å². The topological polar surface area (TPSA) is 174 Å². The van der Waals surface area contributed by atoms with Crippen molar-refractivity contribution in [2.45, 2.75) is 117 Å². The van der Waals surface area contributed by atoms with E-state index in [0.717, 1.165) is 44.9 Å². The Morgan fingerprint density at radius 2 is 1.64 bits per heavy atom. The number of amides is 5. The van der Waals surface area contributed by atoms with Crippen LogP contribution in [0.3, 0.4) is 0 Å². The maximum atomic E-state index is 14.6. The Morgan fingerprint density at radius 1 is 0.960 bits per heavy atom. The first-order valence-electron chi connectivity index (χ1n) is 18.5. The van der Waals surface area contributed by atoms with Gasteiger partial charge in [0.1, 0.15) is 12.1 Å². The van der Waals surface area contributed by atoms with Crippen LogP contribution in [0.1, 0.15) is 92.4 Å². The number of ketones is 1. The zero-order valence-corrected chi connectivity index (χ0v) is 31.3. The van der Waals surface area contributed by atoms with Crippen molar-refractivity contribution in [1.29, 1.82) is 0 Å². The highest BCUT2D eigenvalue weighted by Gasteiger charge is 2.69. The summed E-state index contributed by atoms with van der Waals surface area (Å²) in [5.74, 6) is -2.06. The standard InChI is InChI=1S/C36H58N6O7S/c1-7-16-37-32(45)30(43)25(19-22-14-15-22)38-31(44)29-27-24(36(27,5)6)20-42(29)33(46)28(23-12-9-8-10-13-23)40-34(47)39-26(35(2,3)4)21-41-17-11-18-50(41,48)49/h7,22-29H,1,8-21H2,2-6H3,(H,37,45)(H,38,44)(H2,39,40,47)/t24-,25?,26+,27-,28-,29?/m0/s1. The molecule has 0 aromatic heterocycles. The van der Waals surface area contributed by atoms with Crippen LogP contribution in [0.2, 0.25) is 0 Å². The molecular weight excluding hydrogens is 660 g/mol. The van der Waals surface area contributed by atoms with Crippen LogP contribution in [0.5, 0.6) is 0 Å². The average molecular weight is 719 g/mol. The summed E-state index contributed by atoms with van der Waals surface area (Å²) < 4.78 is 26.6. The molecule has 3 aliphatic carbocycles. The van der Waals surface area contributed by atoms with Gasteiger partial charge in [0.2, 0.25) is 27.6 Å². The fourth-order valence-electron chi connectivity index (χ4n) is 8.40. The Hall–Kier alpha value is -3.00. The summed E-state index contributed by atoms with van der Waals surface area (Å²) in [4.78, 5) is 70.0. The molecule has 4 N–H and O–H groups in total. The fourth-order valence-corrected chi connectivity index (χ4v) is 9.94. The number of likely N-dealkylation sites (tertiary alicyclic amines) is 1. The van der Waals surface area contributed by atoms with Crippen LogP contribution in [0.25, 0.3) is 0 Å². The third-order valence-corrected chi connectivity index (χ3v) is 13.8. The van der Waals surface area contributed by atoms with E-state index in [-0.39, 0.29) is 53.8 Å². The molecule has 14 heteroatoms. The Bertz CT molecular complexity index is 1450. The number of sulfonamides is 1. The molecule has 5 aliphatic rings. The van der Waals surface area contributed by atoms with Gasteiger partial charge in [-0.1, -0.05) is 72.8 Å². The number of fused-ring (bicyclic) bond motifs is 1. The monoisotopic (exact) mass is 718 g/mol. The molecule has 3 saturated carbocycles. The van der Waals surface area contributed by atoms with Crippen molar-refractivity contribution in [3.63, 3.8) is 0 Å². The van der Waals surface area contributed by atoms with E-state index < -0.39 is 63.2 Å². The predicted octanol–water partition coefficient (Wildman–Crippen LogP) is 2.32. The van der Waals surface area contributed by atoms with E-state index >= 15 is 0 Å². The number of rotatable bonds is 14. The van der Waals surface area contributed by atoms with Crippen LogP contribution in [-0.2, 0) is 29.2 Å². The SMILES string of the molecule is C=CCNC(=O)C(=O)C(CC1CC1)NC(=O)C1[C@@H]2[C@H](CN1C(=O)[C@@H](NC(=O)N[C@H](CN1CCCS1(=O)=O)C(C)(C)C)C1CCCCC1)C2(C)C. The molecule has 0 aromatic carbocycles. The molecule has 2 saturated heterocycles. The molecule has 0 bridgehead atoms. The minimum absolute atomic E-state index is 0.0872. The zero-order chi connectivity index (χ0) is 36.6. The van der Waals surface area contributed by atoms with Gasteiger partial charge in [0.25, 0.3) is 5.91 Å². The maximum absolute atomic E-state index is 14.6. The number of hydrogen-bond donors (Lipinski definition) is 4. The molecule has 5 fully saturated rings. The molecule has 280 valence electrons. The lowest BCUT2D eigenvalue weighted by atomic mass is 9.83. The first-order valence-corrected chi connectivity index (χ1v) is 20.1. The highest BCUT2D eigenvalue weighted by Crippen LogP contribution is 2.65. The van der Waals surface area contributed by atoms with E-state index in [1.807, 2.05) is 20.8 Å². The second kappa shape index (κ2) is 14.9. The minimum atomic E-state index is -3.38. The third kappa shape index (κ3) is 8.54. The van der Waals surface area contributed by atoms with E-state index in [1.54, 1.807) is 4.90 Å². The summed E-state index contributed by atoms with van der Waals surface area (Å²) in [5, 5.41) is 11.4. The largest absolute Gasteiger partial charge is 0.346 e. The third-order valence-electron chi connectivity index (χ3n) is 11.9. The molecule has 0 spiro atoms. The van der Waals surface area contributed by atoms with Crippen LogP contribution in [0.15, 0.2) is 12.7 Å². The van der Waals surface area contributed by atoms with E-state index in [2.05, 4.69) is 41.7 Å². The normalized spacial score (nSPS) is 27.7. The highest BCUT2D eigenvalue weighted by atomic mass is 32.2. The Labute approximate surface area is 297 Å². The Kier molecular flexibility index (Phi) is 11.4. The van der Waals surface area contributed by atoms with E-state index in [1.165, 1.54) is 10.4 Å². The maximum Gasteiger partial charge on any atom is 0.315 e. The molecule has 0 aromatic rings. The second-order valence-electron chi connectivity index (χ2n) is 16.9. The van der Waals surface area contributed by atoms with Crippen molar-refractivity contribution in [2.24, 2.45) is 34.5 Å². The number of urea groups is 1. The second-order valence-corrected chi connectivity index (χ2v) is 19.0. The summed E-state index contributed by atoms with van der Waals surface area (Å²) in [7, 11) is -3.38. The van der Waals surface area contributed by atoms with Crippen molar-refractivity contribution in [3.8, 4) is 0 Å². The summed E-state index contributed by atoms with van der Waals surface area (Å²) in [5.41, 5.74) is -0.654. The number of piperidine rings is 1. The first-order chi connectivity index (χ1) is 23.5. The molecule has 2 unspecified atom stereocenters. The fraction of sp³-hybridized carbons (Fsp3) is 0.806. The minimum Gasteiger partial charge on any atom is -0.346 e. The molecule has 50 heavy (non-hydrogen) atoms. The lowest BCUT2D eigenvalue weighted by molar-refractivity contribution is -0.144. The summed E-state index contributed by atoms with van der Waals surface area (Å²) >= 11 is 0. The summed E-state index contributed by atoms with van der Waals surface area (Å²) in [6, 6.07) is -3.77. The van der Waals surface area contributed by atoms with E-state index in [0.29, 0.717) is 25.9 Å². The van der Waals surface area contributed by atoms with E-state index in [4.69, 9.17) is 0 Å². The van der Waals surface area contributed by atoms with Gasteiger partial charge in [0.15, 0.2) is 0 Å². The van der Waals surface area contributed by atoms with Crippen LogP contribution < -0.4 is 21.3 Å². The summed E-state index contributed by atoms with van der Waals surface area (Å²) in [6.07, 6.45) is 8.67. The quantitative estimate of drug-likeness (QED) is 0.158. The van der Waals surface area contributed by atoms with Crippen LogP contribution in [0.4, 0.5) is 4.79 Å². The number of hydrogen-bond acceptors (Lipinski definition) is 7. The van der Waals surface area contributed by atoms with Gasteiger partial charge in [0.05, 0.1) is 11.8 Å². The molecule has 2 heterocycles. The number of carbonyl (C=O) groups is 5.